The number of phenols is 1. The number of nitrogens with one attached hydrogen (secondary N) is 1. The molecule has 7 nitrogen and oxygen atoms in total. The molecule has 2 N–H and O–H groups in total. The third-order valence-electron chi connectivity index (χ3n) is 4.71. The lowest BCUT2D eigenvalue weighted by Gasteiger charge is -2.30. The van der Waals surface area contributed by atoms with E-state index < -0.39 is 30.5 Å². The van der Waals surface area contributed by atoms with Gasteiger partial charge in [0.2, 0.25) is 0 Å². The zero-order chi connectivity index (χ0) is 24.4. The van der Waals surface area contributed by atoms with Crippen LogP contribution in [0, 0.1) is 0 Å². The summed E-state index contributed by atoms with van der Waals surface area (Å²) in [5.74, 6) is -0.780. The van der Waals surface area contributed by atoms with Gasteiger partial charge in [-0.2, -0.15) is 0 Å². The van der Waals surface area contributed by atoms with Gasteiger partial charge >= 0.3 is 0 Å². The highest BCUT2D eigenvalue weighted by atomic mass is 79.9. The highest BCUT2D eigenvalue weighted by molar-refractivity contribution is 9.10. The van der Waals surface area contributed by atoms with E-state index in [-0.39, 0.29) is 38.5 Å². The van der Waals surface area contributed by atoms with Gasteiger partial charge in [-0.1, -0.05) is 39.1 Å². The SMILES string of the molecule is CC(C)N(CCS(=O)(=O)c1cc(Cl)cc(NS(=O)(=O)c2cc(Br)cc(Cl)c2O)c1)C(C)C. The number of sulfonamides is 1. The Morgan fingerprint density at radius 3 is 2.16 bits per heavy atom. The first kappa shape index (κ1) is 27.2. The van der Waals surface area contributed by atoms with Crippen LogP contribution in [0.4, 0.5) is 5.69 Å². The molecule has 0 bridgehead atoms. The van der Waals surface area contributed by atoms with Crippen molar-refractivity contribution >= 4 is 64.7 Å². The van der Waals surface area contributed by atoms with E-state index in [4.69, 9.17) is 23.2 Å². The number of hydrogen-bond donors (Lipinski definition) is 2. The van der Waals surface area contributed by atoms with Gasteiger partial charge in [0.1, 0.15) is 4.90 Å². The number of hydrogen-bond acceptors (Lipinski definition) is 6. The normalized spacial score (nSPS) is 12.7. The van der Waals surface area contributed by atoms with E-state index in [1.807, 2.05) is 32.6 Å². The molecule has 2 aromatic rings. The average molecular weight is 588 g/mol. The number of anilines is 1. The Morgan fingerprint density at radius 1 is 1.00 bits per heavy atom. The average Bonchev–Trinajstić information content (AvgIpc) is 2.63. The summed E-state index contributed by atoms with van der Waals surface area (Å²) >= 11 is 15.1. The van der Waals surface area contributed by atoms with Crippen molar-refractivity contribution in [2.75, 3.05) is 17.0 Å². The molecule has 0 aliphatic carbocycles. The van der Waals surface area contributed by atoms with Gasteiger partial charge in [0.05, 0.1) is 21.4 Å². The predicted molar refractivity (Wildman–Crippen MR) is 132 cm³/mol. The summed E-state index contributed by atoms with van der Waals surface area (Å²) < 4.78 is 54.1. The van der Waals surface area contributed by atoms with Crippen LogP contribution in [0.5, 0.6) is 5.75 Å². The third kappa shape index (κ3) is 6.74. The van der Waals surface area contributed by atoms with Crippen LogP contribution < -0.4 is 4.72 Å². The maximum atomic E-state index is 12.9. The van der Waals surface area contributed by atoms with Gasteiger partial charge in [-0.25, -0.2) is 16.8 Å². The van der Waals surface area contributed by atoms with E-state index in [9.17, 15) is 21.9 Å². The van der Waals surface area contributed by atoms with E-state index in [2.05, 4.69) is 20.7 Å². The second-order valence-electron chi connectivity index (χ2n) is 7.76. The van der Waals surface area contributed by atoms with Crippen molar-refractivity contribution in [3.8, 4) is 5.75 Å². The molecule has 0 unspecified atom stereocenters. The summed E-state index contributed by atoms with van der Waals surface area (Å²) in [6.45, 7) is 8.27. The Hall–Kier alpha value is -1.04. The summed E-state index contributed by atoms with van der Waals surface area (Å²) in [4.78, 5) is 1.48. The van der Waals surface area contributed by atoms with Gasteiger partial charge in [0.25, 0.3) is 10.0 Å². The van der Waals surface area contributed by atoms with Crippen LogP contribution in [0.3, 0.4) is 0 Å². The highest BCUT2D eigenvalue weighted by Crippen LogP contribution is 2.35. The number of rotatable bonds is 9. The maximum Gasteiger partial charge on any atom is 0.265 e. The number of aromatic hydroxyl groups is 1. The minimum atomic E-state index is -4.29. The van der Waals surface area contributed by atoms with Crippen molar-refractivity contribution in [1.82, 2.24) is 4.90 Å². The molecule has 0 saturated heterocycles. The van der Waals surface area contributed by atoms with Gasteiger partial charge in [-0.15, -0.1) is 0 Å². The maximum absolute atomic E-state index is 12.9. The Labute approximate surface area is 207 Å². The Bertz CT molecular complexity index is 1190. The molecule has 0 radical (unpaired) electrons. The van der Waals surface area contributed by atoms with E-state index in [0.717, 1.165) is 0 Å². The largest absolute Gasteiger partial charge is 0.505 e. The smallest absolute Gasteiger partial charge is 0.265 e. The van der Waals surface area contributed by atoms with Crippen molar-refractivity contribution in [3.63, 3.8) is 0 Å². The van der Waals surface area contributed by atoms with Gasteiger partial charge in [0, 0.05) is 28.1 Å². The Kier molecular flexibility index (Phi) is 8.91. The summed E-state index contributed by atoms with van der Waals surface area (Å²) in [6, 6.07) is 6.61. The fraction of sp³-hybridized carbons (Fsp3) is 0.400. The second kappa shape index (κ2) is 10.5. The van der Waals surface area contributed by atoms with Crippen molar-refractivity contribution in [1.29, 1.82) is 0 Å². The fourth-order valence-electron chi connectivity index (χ4n) is 3.21. The third-order valence-corrected chi connectivity index (χ3v) is 8.74. The van der Waals surface area contributed by atoms with E-state index in [0.29, 0.717) is 11.0 Å². The Balaban J connectivity index is 2.37. The standard InChI is InChI=1S/C20H25BrCl2N2O5S2/c1-12(2)25(13(3)4)5-6-31(27,28)17-10-15(22)9-16(11-17)24-32(29,30)19-8-14(21)7-18(23)20(19)26/h7-13,24,26H,5-6H2,1-4H3. The molecule has 0 spiro atoms. The van der Waals surface area contributed by atoms with Crippen LogP contribution in [0.25, 0.3) is 0 Å². The zero-order valence-electron chi connectivity index (χ0n) is 17.9. The molecule has 0 atom stereocenters. The first-order valence-corrected chi connectivity index (χ1v) is 14.3. The van der Waals surface area contributed by atoms with Gasteiger partial charge in [-0.3, -0.25) is 9.62 Å². The lowest BCUT2D eigenvalue weighted by Crippen LogP contribution is -2.40. The van der Waals surface area contributed by atoms with Crippen molar-refractivity contribution in [2.45, 2.75) is 49.6 Å². The number of nitrogens with zero attached hydrogens (tertiary/aromatic N) is 1. The first-order chi connectivity index (χ1) is 14.6. The molecule has 0 saturated carbocycles. The predicted octanol–water partition coefficient (Wildman–Crippen LogP) is 5.15. The van der Waals surface area contributed by atoms with Crippen LogP contribution in [0.2, 0.25) is 10.0 Å². The minimum absolute atomic E-state index is 0.0462. The Morgan fingerprint density at radius 2 is 1.59 bits per heavy atom. The highest BCUT2D eigenvalue weighted by Gasteiger charge is 2.24. The van der Waals surface area contributed by atoms with Crippen molar-refractivity contribution < 1.29 is 21.9 Å². The van der Waals surface area contributed by atoms with Crippen LogP contribution in [-0.4, -0.2) is 51.2 Å². The molecule has 0 fully saturated rings. The topological polar surface area (TPSA) is 104 Å². The van der Waals surface area contributed by atoms with Gasteiger partial charge in [0.15, 0.2) is 15.6 Å². The molecule has 2 aromatic carbocycles. The van der Waals surface area contributed by atoms with E-state index in [1.165, 1.54) is 30.3 Å². The van der Waals surface area contributed by atoms with Crippen LogP contribution in [-0.2, 0) is 19.9 Å². The molecule has 0 heterocycles. The molecule has 0 aliphatic heterocycles. The van der Waals surface area contributed by atoms with Crippen LogP contribution >= 0.6 is 39.1 Å². The number of benzene rings is 2. The fourth-order valence-corrected chi connectivity index (χ4v) is 7.02. The molecule has 0 aliphatic rings. The van der Waals surface area contributed by atoms with Gasteiger partial charge in [-0.05, 0) is 58.0 Å². The van der Waals surface area contributed by atoms with Crippen LogP contribution in [0.1, 0.15) is 27.7 Å². The number of halogens is 3. The molecule has 178 valence electrons. The van der Waals surface area contributed by atoms with Crippen molar-refractivity contribution in [2.24, 2.45) is 0 Å². The summed E-state index contributed by atoms with van der Waals surface area (Å²) in [6.07, 6.45) is 0. The summed E-state index contributed by atoms with van der Waals surface area (Å²) in [5, 5.41) is 9.97. The monoisotopic (exact) mass is 586 g/mol. The lowest BCUT2D eigenvalue weighted by atomic mass is 10.2. The first-order valence-electron chi connectivity index (χ1n) is 9.64. The molecule has 32 heavy (non-hydrogen) atoms. The van der Waals surface area contributed by atoms with Crippen LogP contribution in [0.15, 0.2) is 44.6 Å². The summed E-state index contributed by atoms with van der Waals surface area (Å²) in [5.41, 5.74) is -0.0591. The number of sulfone groups is 1. The van der Waals surface area contributed by atoms with E-state index in [1.54, 1.807) is 0 Å². The molecular weight excluding hydrogens is 563 g/mol. The zero-order valence-corrected chi connectivity index (χ0v) is 22.7. The minimum Gasteiger partial charge on any atom is -0.505 e. The molecule has 0 aromatic heterocycles. The van der Waals surface area contributed by atoms with E-state index >= 15 is 0 Å². The van der Waals surface area contributed by atoms with Gasteiger partial charge < -0.3 is 5.11 Å². The summed E-state index contributed by atoms with van der Waals surface area (Å²) in [7, 11) is -8.04. The molecule has 0 amide bonds. The quantitative estimate of drug-likeness (QED) is 0.420. The lowest BCUT2D eigenvalue weighted by molar-refractivity contribution is 0.186. The van der Waals surface area contributed by atoms with Crippen molar-refractivity contribution in [3.05, 3.63) is 44.8 Å². The molecule has 2 rings (SSSR count). The second-order valence-corrected chi connectivity index (χ2v) is 13.3. The molecular formula is C20H25BrCl2N2O5S2. The number of phenolic OH excluding ortho intramolecular Hbond substituents is 1. The molecule has 12 heteroatoms.